The molecule has 4 heteroatoms. The van der Waals surface area contributed by atoms with E-state index in [0.717, 1.165) is 12.0 Å². The number of nitrogens with zero attached hydrogens (tertiary/aromatic N) is 1. The highest BCUT2D eigenvalue weighted by molar-refractivity contribution is 9.10. The Morgan fingerprint density at radius 3 is 2.67 bits per heavy atom. The topological polar surface area (TPSA) is 52.0 Å². The largest absolute Gasteiger partial charge is 0.367 e. The van der Waals surface area contributed by atoms with Gasteiger partial charge in [0.15, 0.2) is 4.60 Å². The first-order valence-corrected chi connectivity index (χ1v) is 3.44. The van der Waals surface area contributed by atoms with E-state index in [1.54, 1.807) is 0 Å². The van der Waals surface area contributed by atoms with Crippen molar-refractivity contribution in [1.82, 2.24) is 5.16 Å². The van der Waals surface area contributed by atoms with Crippen molar-refractivity contribution in [3.05, 3.63) is 10.2 Å². The average molecular weight is 191 g/mol. The standard InChI is InChI=1S/C5H7BrN2O/c1-2-3-4(6)8-9-5(3)7/h2,7H2,1H3. The summed E-state index contributed by atoms with van der Waals surface area (Å²) in [6.07, 6.45) is 0.843. The predicted octanol–water partition coefficient (Wildman–Crippen LogP) is 1.58. The SMILES string of the molecule is CCc1c(Br)noc1N. The van der Waals surface area contributed by atoms with E-state index in [9.17, 15) is 0 Å². The van der Waals surface area contributed by atoms with E-state index >= 15 is 0 Å². The first kappa shape index (κ1) is 6.61. The van der Waals surface area contributed by atoms with Crippen molar-refractivity contribution in [3.8, 4) is 0 Å². The van der Waals surface area contributed by atoms with E-state index < -0.39 is 0 Å². The van der Waals surface area contributed by atoms with Crippen LogP contribution in [0.3, 0.4) is 0 Å². The molecule has 0 unspecified atom stereocenters. The van der Waals surface area contributed by atoms with Crippen LogP contribution in [-0.2, 0) is 6.42 Å². The summed E-state index contributed by atoms with van der Waals surface area (Å²) in [6.45, 7) is 1.99. The van der Waals surface area contributed by atoms with E-state index in [0.29, 0.717) is 10.5 Å². The van der Waals surface area contributed by atoms with Crippen molar-refractivity contribution >= 4 is 21.8 Å². The molecule has 0 fully saturated rings. The van der Waals surface area contributed by atoms with Crippen LogP contribution < -0.4 is 5.73 Å². The van der Waals surface area contributed by atoms with Gasteiger partial charge in [-0.3, -0.25) is 0 Å². The number of hydrogen-bond acceptors (Lipinski definition) is 3. The Labute approximate surface area is 61.3 Å². The molecule has 0 saturated carbocycles. The molecule has 1 aromatic rings. The maximum atomic E-state index is 5.39. The number of hydrogen-bond donors (Lipinski definition) is 1. The highest BCUT2D eigenvalue weighted by atomic mass is 79.9. The summed E-state index contributed by atoms with van der Waals surface area (Å²) < 4.78 is 5.38. The third-order valence-electron chi connectivity index (χ3n) is 1.12. The summed E-state index contributed by atoms with van der Waals surface area (Å²) in [7, 11) is 0. The molecule has 0 amide bonds. The molecule has 9 heavy (non-hydrogen) atoms. The summed E-state index contributed by atoms with van der Waals surface area (Å²) >= 11 is 3.19. The molecule has 0 aliphatic carbocycles. The van der Waals surface area contributed by atoms with Crippen LogP contribution in [0.5, 0.6) is 0 Å². The van der Waals surface area contributed by atoms with Gasteiger partial charge in [0.25, 0.3) is 0 Å². The van der Waals surface area contributed by atoms with Gasteiger partial charge < -0.3 is 10.3 Å². The van der Waals surface area contributed by atoms with Gasteiger partial charge >= 0.3 is 0 Å². The van der Waals surface area contributed by atoms with Crippen molar-refractivity contribution in [1.29, 1.82) is 0 Å². The molecule has 0 atom stereocenters. The summed E-state index contributed by atoms with van der Waals surface area (Å²) in [5.74, 6) is 0.407. The lowest BCUT2D eigenvalue weighted by Gasteiger charge is -1.86. The Kier molecular flexibility index (Phi) is 1.75. The molecule has 1 heterocycles. The first-order valence-electron chi connectivity index (χ1n) is 2.65. The van der Waals surface area contributed by atoms with E-state index in [2.05, 4.69) is 25.6 Å². The third kappa shape index (κ3) is 1.08. The molecule has 50 valence electrons. The molecule has 0 radical (unpaired) electrons. The van der Waals surface area contributed by atoms with Crippen LogP contribution in [0.4, 0.5) is 5.88 Å². The van der Waals surface area contributed by atoms with Crippen LogP contribution in [0.25, 0.3) is 0 Å². The Balaban J connectivity index is 3.07. The maximum absolute atomic E-state index is 5.39. The van der Waals surface area contributed by atoms with Gasteiger partial charge in [-0.1, -0.05) is 12.1 Å². The highest BCUT2D eigenvalue weighted by Gasteiger charge is 2.06. The van der Waals surface area contributed by atoms with E-state index in [4.69, 9.17) is 5.73 Å². The van der Waals surface area contributed by atoms with Crippen LogP contribution in [0, 0.1) is 0 Å². The van der Waals surface area contributed by atoms with Gasteiger partial charge in [0.2, 0.25) is 5.88 Å². The van der Waals surface area contributed by atoms with Crippen LogP contribution in [0.1, 0.15) is 12.5 Å². The molecule has 0 bridgehead atoms. The van der Waals surface area contributed by atoms with Crippen LogP contribution in [0.2, 0.25) is 0 Å². The minimum atomic E-state index is 0.407. The summed E-state index contributed by atoms with van der Waals surface area (Å²) in [5.41, 5.74) is 6.33. The van der Waals surface area contributed by atoms with Gasteiger partial charge in [0.05, 0.1) is 5.56 Å². The predicted molar refractivity (Wildman–Crippen MR) is 38.0 cm³/mol. The monoisotopic (exact) mass is 190 g/mol. The molecule has 0 aliphatic heterocycles. The van der Waals surface area contributed by atoms with Gasteiger partial charge in [-0.15, -0.1) is 0 Å². The second kappa shape index (κ2) is 2.39. The molecule has 3 nitrogen and oxygen atoms in total. The fourth-order valence-electron chi connectivity index (χ4n) is 0.621. The fourth-order valence-corrected chi connectivity index (χ4v) is 1.17. The molecular formula is C5H7BrN2O. The molecule has 1 aromatic heterocycles. The maximum Gasteiger partial charge on any atom is 0.226 e. The second-order valence-electron chi connectivity index (χ2n) is 1.67. The van der Waals surface area contributed by atoms with Crippen LogP contribution in [0.15, 0.2) is 9.13 Å². The van der Waals surface area contributed by atoms with Crippen molar-refractivity contribution in [2.24, 2.45) is 0 Å². The van der Waals surface area contributed by atoms with Gasteiger partial charge in [0, 0.05) is 0 Å². The summed E-state index contributed by atoms with van der Waals surface area (Å²) in [6, 6.07) is 0. The Bertz CT molecular complexity index is 189. The molecule has 0 spiro atoms. The Morgan fingerprint density at radius 2 is 2.44 bits per heavy atom. The lowest BCUT2D eigenvalue weighted by atomic mass is 10.3. The Morgan fingerprint density at radius 1 is 1.78 bits per heavy atom. The van der Waals surface area contributed by atoms with Crippen molar-refractivity contribution in [2.45, 2.75) is 13.3 Å². The highest BCUT2D eigenvalue weighted by Crippen LogP contribution is 2.21. The van der Waals surface area contributed by atoms with Gasteiger partial charge in [-0.2, -0.15) is 0 Å². The van der Waals surface area contributed by atoms with Crippen molar-refractivity contribution < 1.29 is 4.52 Å². The number of anilines is 1. The quantitative estimate of drug-likeness (QED) is 0.732. The zero-order valence-corrected chi connectivity index (χ0v) is 6.60. The second-order valence-corrected chi connectivity index (χ2v) is 2.42. The lowest BCUT2D eigenvalue weighted by Crippen LogP contribution is -1.86. The molecule has 2 N–H and O–H groups in total. The minimum Gasteiger partial charge on any atom is -0.367 e. The van der Waals surface area contributed by atoms with Crippen molar-refractivity contribution in [2.75, 3.05) is 5.73 Å². The Hall–Kier alpha value is -0.510. The van der Waals surface area contributed by atoms with E-state index in [-0.39, 0.29) is 0 Å². The van der Waals surface area contributed by atoms with Crippen molar-refractivity contribution in [3.63, 3.8) is 0 Å². The van der Waals surface area contributed by atoms with Gasteiger partial charge in [0.1, 0.15) is 0 Å². The first-order chi connectivity index (χ1) is 4.25. The molecule has 1 rings (SSSR count). The molecule has 0 aromatic carbocycles. The zero-order valence-electron chi connectivity index (χ0n) is 5.02. The zero-order chi connectivity index (χ0) is 6.85. The molecule has 0 aliphatic rings. The van der Waals surface area contributed by atoms with Gasteiger partial charge in [-0.05, 0) is 22.4 Å². The van der Waals surface area contributed by atoms with E-state index in [1.807, 2.05) is 6.92 Å². The number of nitrogens with two attached hydrogens (primary N) is 1. The minimum absolute atomic E-state index is 0.407. The van der Waals surface area contributed by atoms with Crippen LogP contribution in [-0.4, -0.2) is 5.16 Å². The number of halogens is 1. The van der Waals surface area contributed by atoms with Crippen LogP contribution >= 0.6 is 15.9 Å². The third-order valence-corrected chi connectivity index (χ3v) is 1.75. The smallest absolute Gasteiger partial charge is 0.226 e. The molecule has 0 saturated heterocycles. The lowest BCUT2D eigenvalue weighted by molar-refractivity contribution is 0.431. The summed E-state index contributed by atoms with van der Waals surface area (Å²) in [5, 5.41) is 3.60. The normalized spacial score (nSPS) is 10.0. The average Bonchev–Trinajstić information content (AvgIpc) is 2.12. The van der Waals surface area contributed by atoms with E-state index in [1.165, 1.54) is 0 Å². The molecular weight excluding hydrogens is 184 g/mol. The number of rotatable bonds is 1. The summed E-state index contributed by atoms with van der Waals surface area (Å²) in [4.78, 5) is 0. The van der Waals surface area contributed by atoms with Gasteiger partial charge in [-0.25, -0.2) is 0 Å². The number of aromatic nitrogens is 1. The fraction of sp³-hybridized carbons (Fsp3) is 0.400. The number of nitrogen functional groups attached to an aromatic ring is 1.